The maximum Gasteiger partial charge on any atom is 0.420 e. The number of alkyl halides is 3. The molecule has 0 amide bonds. The second kappa shape index (κ2) is 4.33. The molecular weight excluding hydrogens is 285 g/mol. The minimum Gasteiger partial charge on any atom is -0.365 e. The van der Waals surface area contributed by atoms with Crippen molar-refractivity contribution in [3.05, 3.63) is 23.5 Å². The Kier molecular flexibility index (Phi) is 2.91. The molecule has 3 rings (SSSR count). The van der Waals surface area contributed by atoms with Crippen molar-refractivity contribution in [2.75, 3.05) is 25.1 Å². The van der Waals surface area contributed by atoms with E-state index in [9.17, 15) is 13.2 Å². The van der Waals surface area contributed by atoms with Gasteiger partial charge in [-0.2, -0.15) is 22.8 Å². The molecule has 0 spiro atoms. The van der Waals surface area contributed by atoms with Crippen LogP contribution in [0.3, 0.4) is 0 Å². The maximum absolute atomic E-state index is 13.1. The summed E-state index contributed by atoms with van der Waals surface area (Å²) in [7, 11) is 1.09. The average Bonchev–Trinajstić information content (AvgIpc) is 2.66. The lowest BCUT2D eigenvalue weighted by Gasteiger charge is -2.50. The predicted octanol–water partition coefficient (Wildman–Crippen LogP) is 2.11. The van der Waals surface area contributed by atoms with Gasteiger partial charge in [0.2, 0.25) is 0 Å². The predicted molar refractivity (Wildman–Crippen MR) is 70.5 cm³/mol. The van der Waals surface area contributed by atoms with Gasteiger partial charge >= 0.3 is 6.18 Å². The van der Waals surface area contributed by atoms with E-state index in [1.807, 2.05) is 6.92 Å². The third-order valence-electron chi connectivity index (χ3n) is 3.78. The molecule has 0 atom stereocenters. The molecule has 0 saturated carbocycles. The van der Waals surface area contributed by atoms with Gasteiger partial charge in [0.1, 0.15) is 5.82 Å². The molecule has 5 nitrogen and oxygen atoms in total. The molecule has 114 valence electrons. The fourth-order valence-electron chi connectivity index (χ4n) is 2.58. The van der Waals surface area contributed by atoms with Gasteiger partial charge in [-0.25, -0.2) is 4.98 Å². The highest BCUT2D eigenvalue weighted by molar-refractivity contribution is 5.54. The smallest absolute Gasteiger partial charge is 0.365 e. The van der Waals surface area contributed by atoms with Crippen LogP contribution in [0.1, 0.15) is 11.4 Å². The molecular formula is C13H15F3N4O. The van der Waals surface area contributed by atoms with E-state index in [2.05, 4.69) is 10.1 Å². The first-order valence-corrected chi connectivity index (χ1v) is 6.47. The highest BCUT2D eigenvalue weighted by atomic mass is 19.4. The first-order chi connectivity index (χ1) is 9.75. The number of hydrogen-bond acceptors (Lipinski definition) is 4. The van der Waals surface area contributed by atoms with E-state index >= 15 is 0 Å². The van der Waals surface area contributed by atoms with Gasteiger partial charge in [0.05, 0.1) is 18.8 Å². The minimum atomic E-state index is -4.39. The summed E-state index contributed by atoms with van der Waals surface area (Å²) >= 11 is 0. The largest absolute Gasteiger partial charge is 0.420 e. The Labute approximate surface area is 119 Å². The Morgan fingerprint density at radius 2 is 1.86 bits per heavy atom. The van der Waals surface area contributed by atoms with Gasteiger partial charge in [0, 0.05) is 24.9 Å². The second-order valence-electron chi connectivity index (χ2n) is 5.36. The van der Waals surface area contributed by atoms with Crippen LogP contribution in [0.5, 0.6) is 0 Å². The SMILES string of the molecule is COC1(C(F)(F)F)CN(c2cc(C)nc3cc(C)nn23)C1. The van der Waals surface area contributed by atoms with Crippen molar-refractivity contribution in [1.82, 2.24) is 14.6 Å². The van der Waals surface area contributed by atoms with E-state index in [1.165, 1.54) is 0 Å². The Hall–Kier alpha value is -1.83. The van der Waals surface area contributed by atoms with Crippen LogP contribution in [0.2, 0.25) is 0 Å². The highest BCUT2D eigenvalue weighted by Gasteiger charge is 2.63. The number of halogens is 3. The molecule has 3 heterocycles. The Balaban J connectivity index is 1.97. The number of aryl methyl sites for hydroxylation is 2. The normalized spacial score (nSPS) is 18.1. The van der Waals surface area contributed by atoms with E-state index in [4.69, 9.17) is 4.74 Å². The molecule has 1 saturated heterocycles. The number of nitrogens with zero attached hydrogens (tertiary/aromatic N) is 4. The van der Waals surface area contributed by atoms with Gasteiger partial charge in [0.15, 0.2) is 11.2 Å². The average molecular weight is 300 g/mol. The number of fused-ring (bicyclic) bond motifs is 1. The van der Waals surface area contributed by atoms with Crippen molar-refractivity contribution in [3.63, 3.8) is 0 Å². The van der Waals surface area contributed by atoms with Crippen LogP contribution in [-0.2, 0) is 4.74 Å². The quantitative estimate of drug-likeness (QED) is 0.852. The van der Waals surface area contributed by atoms with Gasteiger partial charge in [-0.3, -0.25) is 0 Å². The number of aromatic nitrogens is 3. The third kappa shape index (κ3) is 2.05. The topological polar surface area (TPSA) is 42.7 Å². The number of methoxy groups -OCH3 is 1. The summed E-state index contributed by atoms with van der Waals surface area (Å²) in [6.45, 7) is 3.13. The van der Waals surface area contributed by atoms with E-state index in [0.717, 1.165) is 18.5 Å². The van der Waals surface area contributed by atoms with Crippen LogP contribution in [0, 0.1) is 13.8 Å². The summed E-state index contributed by atoms with van der Waals surface area (Å²) in [6, 6.07) is 3.53. The van der Waals surface area contributed by atoms with Crippen LogP contribution in [-0.4, -0.2) is 46.6 Å². The summed E-state index contributed by atoms with van der Waals surface area (Å²) in [5.41, 5.74) is 0.0334. The lowest BCUT2D eigenvalue weighted by Crippen LogP contribution is -2.70. The zero-order valence-electron chi connectivity index (χ0n) is 11.9. The maximum atomic E-state index is 13.1. The Morgan fingerprint density at radius 3 is 2.43 bits per heavy atom. The number of rotatable bonds is 2. The molecule has 0 unspecified atom stereocenters. The summed E-state index contributed by atoms with van der Waals surface area (Å²) in [6.07, 6.45) is -4.39. The molecule has 0 N–H and O–H groups in total. The lowest BCUT2D eigenvalue weighted by atomic mass is 9.93. The summed E-state index contributed by atoms with van der Waals surface area (Å²) in [4.78, 5) is 5.93. The third-order valence-corrected chi connectivity index (χ3v) is 3.78. The minimum absolute atomic E-state index is 0.246. The van der Waals surface area contributed by atoms with Crippen molar-refractivity contribution in [2.24, 2.45) is 0 Å². The molecule has 21 heavy (non-hydrogen) atoms. The van der Waals surface area contributed by atoms with E-state index in [-0.39, 0.29) is 13.1 Å². The van der Waals surface area contributed by atoms with Crippen LogP contribution in [0.25, 0.3) is 5.65 Å². The molecule has 2 aromatic heterocycles. The standard InChI is InChI=1S/C13H15F3N4O/c1-8-5-11(20-10(17-8)4-9(2)18-20)19-6-12(7-19,21-3)13(14,15)16/h4-5H,6-7H2,1-3H3. The second-order valence-corrected chi connectivity index (χ2v) is 5.36. The zero-order valence-corrected chi connectivity index (χ0v) is 11.9. The first-order valence-electron chi connectivity index (χ1n) is 6.47. The fourth-order valence-corrected chi connectivity index (χ4v) is 2.58. The van der Waals surface area contributed by atoms with Gasteiger partial charge in [-0.05, 0) is 13.8 Å². The summed E-state index contributed by atoms with van der Waals surface area (Å²) in [5.74, 6) is 0.600. The van der Waals surface area contributed by atoms with Crippen LogP contribution >= 0.6 is 0 Å². The van der Waals surface area contributed by atoms with E-state index in [0.29, 0.717) is 11.5 Å². The highest BCUT2D eigenvalue weighted by Crippen LogP contribution is 2.42. The van der Waals surface area contributed by atoms with Crippen LogP contribution in [0.15, 0.2) is 12.1 Å². The molecule has 2 aromatic rings. The Bertz CT molecular complexity index is 689. The van der Waals surface area contributed by atoms with Crippen LogP contribution < -0.4 is 4.90 Å². The van der Waals surface area contributed by atoms with Crippen molar-refractivity contribution in [3.8, 4) is 0 Å². The van der Waals surface area contributed by atoms with Gasteiger partial charge < -0.3 is 9.64 Å². The number of ether oxygens (including phenoxy) is 1. The molecule has 0 bridgehead atoms. The molecule has 1 aliphatic rings. The molecule has 1 fully saturated rings. The van der Waals surface area contributed by atoms with Crippen molar-refractivity contribution in [2.45, 2.75) is 25.6 Å². The molecule has 1 aliphatic heterocycles. The van der Waals surface area contributed by atoms with Gasteiger partial charge in [-0.15, -0.1) is 0 Å². The lowest BCUT2D eigenvalue weighted by molar-refractivity contribution is -0.277. The van der Waals surface area contributed by atoms with E-state index < -0.39 is 11.8 Å². The summed E-state index contributed by atoms with van der Waals surface area (Å²) in [5, 5.41) is 4.28. The van der Waals surface area contributed by atoms with E-state index in [1.54, 1.807) is 28.5 Å². The van der Waals surface area contributed by atoms with Gasteiger partial charge in [-0.1, -0.05) is 0 Å². The van der Waals surface area contributed by atoms with Crippen LogP contribution in [0.4, 0.5) is 19.0 Å². The first kappa shape index (κ1) is 14.1. The molecule has 0 radical (unpaired) electrons. The number of anilines is 1. The number of hydrogen-bond donors (Lipinski definition) is 0. The Morgan fingerprint density at radius 1 is 1.19 bits per heavy atom. The fraction of sp³-hybridized carbons (Fsp3) is 0.538. The molecule has 8 heteroatoms. The van der Waals surface area contributed by atoms with Crippen molar-refractivity contribution in [1.29, 1.82) is 0 Å². The molecule has 0 aliphatic carbocycles. The monoisotopic (exact) mass is 300 g/mol. The molecule has 0 aromatic carbocycles. The van der Waals surface area contributed by atoms with Gasteiger partial charge in [0.25, 0.3) is 0 Å². The van der Waals surface area contributed by atoms with Crippen molar-refractivity contribution >= 4 is 11.5 Å². The zero-order chi connectivity index (χ0) is 15.4. The summed E-state index contributed by atoms with van der Waals surface area (Å²) < 4.78 is 45.5. The van der Waals surface area contributed by atoms with Crippen molar-refractivity contribution < 1.29 is 17.9 Å².